The molecule has 0 saturated heterocycles. The van der Waals surface area contributed by atoms with Crippen molar-refractivity contribution < 1.29 is 4.79 Å². The fourth-order valence-corrected chi connectivity index (χ4v) is 1.71. The van der Waals surface area contributed by atoms with E-state index in [-0.39, 0.29) is 30.7 Å². The highest BCUT2D eigenvalue weighted by atomic mass is 35.5. The van der Waals surface area contributed by atoms with Crippen LogP contribution >= 0.6 is 24.8 Å². The molecule has 20 heavy (non-hydrogen) atoms. The molecule has 0 atom stereocenters. The maximum Gasteiger partial charge on any atom is 0.243 e. The van der Waals surface area contributed by atoms with Crippen molar-refractivity contribution in [2.24, 2.45) is 5.73 Å². The highest BCUT2D eigenvalue weighted by Gasteiger charge is 2.22. The zero-order chi connectivity index (χ0) is 13.3. The zero-order valence-electron chi connectivity index (χ0n) is 11.6. The third kappa shape index (κ3) is 3.82. The summed E-state index contributed by atoms with van der Waals surface area (Å²) in [4.78, 5) is 16.2. The number of hydrogen-bond acceptors (Lipinski definition) is 3. The molecular formula is C14H19Cl2N3O. The Labute approximate surface area is 131 Å². The molecule has 6 heteroatoms. The minimum Gasteiger partial charge on any atom is -0.324 e. The van der Waals surface area contributed by atoms with Crippen LogP contribution in [0.4, 0.5) is 5.69 Å². The second-order valence-corrected chi connectivity index (χ2v) is 5.01. The predicted molar refractivity (Wildman–Crippen MR) is 87.9 cm³/mol. The van der Waals surface area contributed by atoms with Crippen molar-refractivity contribution >= 4 is 47.3 Å². The number of fused-ring (bicyclic) bond motifs is 1. The van der Waals surface area contributed by atoms with E-state index >= 15 is 0 Å². The van der Waals surface area contributed by atoms with Gasteiger partial charge in [0.2, 0.25) is 5.91 Å². The van der Waals surface area contributed by atoms with Crippen molar-refractivity contribution in [1.29, 1.82) is 0 Å². The summed E-state index contributed by atoms with van der Waals surface area (Å²) in [6.07, 6.45) is 1.74. The maximum absolute atomic E-state index is 11.9. The summed E-state index contributed by atoms with van der Waals surface area (Å²) in [5, 5.41) is 3.77. The van der Waals surface area contributed by atoms with E-state index < -0.39 is 5.54 Å². The van der Waals surface area contributed by atoms with Gasteiger partial charge in [0.1, 0.15) is 0 Å². The van der Waals surface area contributed by atoms with Crippen LogP contribution in [-0.4, -0.2) is 16.4 Å². The van der Waals surface area contributed by atoms with Crippen molar-refractivity contribution in [3.8, 4) is 0 Å². The number of aromatic nitrogens is 1. The number of nitrogens with one attached hydrogen (secondary N) is 1. The molecule has 1 heterocycles. The Balaban J connectivity index is 0.00000180. The Kier molecular flexibility index (Phi) is 6.41. The first kappa shape index (κ1) is 18.6. The van der Waals surface area contributed by atoms with Crippen LogP contribution in [0.15, 0.2) is 30.5 Å². The molecule has 0 bridgehead atoms. The van der Waals surface area contributed by atoms with Gasteiger partial charge >= 0.3 is 0 Å². The molecule has 0 unspecified atom stereocenters. The normalized spacial score (nSPS) is 10.4. The number of benzene rings is 1. The van der Waals surface area contributed by atoms with Crippen molar-refractivity contribution in [3.63, 3.8) is 0 Å². The molecule has 1 amide bonds. The van der Waals surface area contributed by atoms with Gasteiger partial charge in [-0.25, -0.2) is 0 Å². The maximum atomic E-state index is 11.9. The average Bonchev–Trinajstić information content (AvgIpc) is 2.32. The summed E-state index contributed by atoms with van der Waals surface area (Å²) in [5.41, 5.74) is 7.59. The van der Waals surface area contributed by atoms with Crippen LogP contribution in [0.1, 0.15) is 19.4 Å². The van der Waals surface area contributed by atoms with Crippen molar-refractivity contribution in [1.82, 2.24) is 4.98 Å². The monoisotopic (exact) mass is 315 g/mol. The van der Waals surface area contributed by atoms with Gasteiger partial charge in [0.15, 0.2) is 0 Å². The number of nitrogens with zero attached hydrogens (tertiary/aromatic N) is 1. The van der Waals surface area contributed by atoms with Gasteiger partial charge in [0.05, 0.1) is 16.7 Å². The smallest absolute Gasteiger partial charge is 0.243 e. The zero-order valence-corrected chi connectivity index (χ0v) is 13.3. The van der Waals surface area contributed by atoms with Gasteiger partial charge in [-0.15, -0.1) is 24.8 Å². The molecule has 0 fully saturated rings. The van der Waals surface area contributed by atoms with Crippen LogP contribution in [-0.2, 0) is 4.79 Å². The Morgan fingerprint density at radius 1 is 1.25 bits per heavy atom. The number of aryl methyl sites for hydroxylation is 1. The van der Waals surface area contributed by atoms with E-state index in [1.807, 2.05) is 31.2 Å². The molecule has 0 aliphatic heterocycles. The van der Waals surface area contributed by atoms with Crippen LogP contribution < -0.4 is 11.1 Å². The SMILES string of the molecule is Cc1ccc(NC(=O)C(C)(C)N)c2cccnc12.Cl.Cl. The lowest BCUT2D eigenvalue weighted by Gasteiger charge is -2.18. The fraction of sp³-hybridized carbons (Fsp3) is 0.286. The summed E-state index contributed by atoms with van der Waals surface area (Å²) < 4.78 is 0. The first-order chi connectivity index (χ1) is 8.39. The molecular weight excluding hydrogens is 297 g/mol. The lowest BCUT2D eigenvalue weighted by atomic mass is 10.0. The molecule has 2 rings (SSSR count). The fourth-order valence-electron chi connectivity index (χ4n) is 1.71. The number of carbonyl (C=O) groups excluding carboxylic acids is 1. The van der Waals surface area contributed by atoms with Gasteiger partial charge < -0.3 is 11.1 Å². The number of amides is 1. The first-order valence-electron chi connectivity index (χ1n) is 5.84. The number of anilines is 1. The van der Waals surface area contributed by atoms with E-state index in [1.165, 1.54) is 0 Å². The highest BCUT2D eigenvalue weighted by Crippen LogP contribution is 2.24. The Morgan fingerprint density at radius 3 is 2.50 bits per heavy atom. The molecule has 3 N–H and O–H groups in total. The van der Waals surface area contributed by atoms with Gasteiger partial charge in [0.25, 0.3) is 0 Å². The quantitative estimate of drug-likeness (QED) is 0.895. The number of carbonyl (C=O) groups is 1. The number of halogens is 2. The van der Waals surface area contributed by atoms with Gasteiger partial charge in [-0.2, -0.15) is 0 Å². The summed E-state index contributed by atoms with van der Waals surface area (Å²) in [6, 6.07) is 7.61. The Bertz CT molecular complexity index is 609. The van der Waals surface area contributed by atoms with E-state index in [0.29, 0.717) is 0 Å². The standard InChI is InChI=1S/C14H17N3O.2ClH/c1-9-6-7-11(17-13(18)14(2,3)15)10-5-4-8-16-12(9)10;;/h4-8H,15H2,1-3H3,(H,17,18);2*1H. The predicted octanol–water partition coefficient (Wildman–Crippen LogP) is 3.06. The van der Waals surface area contributed by atoms with Gasteiger partial charge in [-0.05, 0) is 44.5 Å². The summed E-state index contributed by atoms with van der Waals surface area (Å²) in [5.74, 6) is -0.212. The highest BCUT2D eigenvalue weighted by molar-refractivity contribution is 6.04. The molecule has 0 aliphatic rings. The number of hydrogen-bond donors (Lipinski definition) is 2. The summed E-state index contributed by atoms with van der Waals surface area (Å²) in [7, 11) is 0. The third-order valence-corrected chi connectivity index (χ3v) is 2.80. The van der Waals surface area contributed by atoms with Crippen LogP contribution in [0.2, 0.25) is 0 Å². The number of pyridine rings is 1. The molecule has 0 saturated carbocycles. The largest absolute Gasteiger partial charge is 0.324 e. The molecule has 0 radical (unpaired) electrons. The van der Waals surface area contributed by atoms with E-state index in [0.717, 1.165) is 22.2 Å². The molecule has 1 aromatic carbocycles. The van der Waals surface area contributed by atoms with Gasteiger partial charge in [-0.3, -0.25) is 9.78 Å². The summed E-state index contributed by atoms with van der Waals surface area (Å²) >= 11 is 0. The summed E-state index contributed by atoms with van der Waals surface area (Å²) in [6.45, 7) is 5.35. The Hall–Kier alpha value is -1.36. The molecule has 0 spiro atoms. The van der Waals surface area contributed by atoms with Gasteiger partial charge in [-0.1, -0.05) is 6.07 Å². The van der Waals surface area contributed by atoms with E-state index in [9.17, 15) is 4.79 Å². The second-order valence-electron chi connectivity index (χ2n) is 5.01. The van der Waals surface area contributed by atoms with Crippen molar-refractivity contribution in [3.05, 3.63) is 36.0 Å². The molecule has 1 aromatic heterocycles. The van der Waals surface area contributed by atoms with Crippen LogP contribution in [0.25, 0.3) is 10.9 Å². The van der Waals surface area contributed by atoms with E-state index in [1.54, 1.807) is 20.0 Å². The lowest BCUT2D eigenvalue weighted by molar-refractivity contribution is -0.120. The molecule has 4 nitrogen and oxygen atoms in total. The van der Waals surface area contributed by atoms with E-state index in [4.69, 9.17) is 5.73 Å². The Morgan fingerprint density at radius 2 is 1.90 bits per heavy atom. The topological polar surface area (TPSA) is 68.0 Å². The second kappa shape index (κ2) is 6.88. The third-order valence-electron chi connectivity index (χ3n) is 2.80. The minimum atomic E-state index is -0.903. The first-order valence-corrected chi connectivity index (χ1v) is 5.84. The number of nitrogens with two attached hydrogens (primary N) is 1. The minimum absolute atomic E-state index is 0. The van der Waals surface area contributed by atoms with Crippen LogP contribution in [0.3, 0.4) is 0 Å². The van der Waals surface area contributed by atoms with Crippen LogP contribution in [0.5, 0.6) is 0 Å². The van der Waals surface area contributed by atoms with E-state index in [2.05, 4.69) is 10.3 Å². The van der Waals surface area contributed by atoms with Crippen LogP contribution in [0, 0.1) is 6.92 Å². The van der Waals surface area contributed by atoms with Crippen molar-refractivity contribution in [2.75, 3.05) is 5.32 Å². The molecule has 2 aromatic rings. The lowest BCUT2D eigenvalue weighted by Crippen LogP contribution is -2.45. The molecule has 0 aliphatic carbocycles. The molecule has 110 valence electrons. The number of rotatable bonds is 2. The van der Waals surface area contributed by atoms with Crippen molar-refractivity contribution in [2.45, 2.75) is 26.3 Å². The van der Waals surface area contributed by atoms with Gasteiger partial charge in [0, 0.05) is 11.6 Å². The average molecular weight is 316 g/mol.